The summed E-state index contributed by atoms with van der Waals surface area (Å²) in [6.07, 6.45) is 0. The normalized spacial score (nSPS) is 12.9. The van der Waals surface area contributed by atoms with E-state index in [1.165, 1.54) is 0 Å². The van der Waals surface area contributed by atoms with Crippen LogP contribution in [0.3, 0.4) is 0 Å². The van der Waals surface area contributed by atoms with E-state index in [1.807, 2.05) is 0 Å². The van der Waals surface area contributed by atoms with Crippen LogP contribution in [0.4, 0.5) is 8.78 Å². The van der Waals surface area contributed by atoms with E-state index >= 15 is 0 Å². The zero-order valence-electron chi connectivity index (χ0n) is 7.52. The Labute approximate surface area is 88.9 Å². The van der Waals surface area contributed by atoms with Crippen LogP contribution in [-0.4, -0.2) is 11.7 Å². The van der Waals surface area contributed by atoms with Crippen molar-refractivity contribution < 1.29 is 13.9 Å². The number of rotatable bonds is 2. The van der Waals surface area contributed by atoms with Gasteiger partial charge < -0.3 is 10.8 Å². The molecule has 0 aliphatic carbocycles. The van der Waals surface area contributed by atoms with Gasteiger partial charge >= 0.3 is 0 Å². The molecule has 1 aromatic rings. The van der Waals surface area contributed by atoms with Crippen LogP contribution in [0.2, 0.25) is 0 Å². The van der Waals surface area contributed by atoms with Gasteiger partial charge in [-0.15, -0.1) is 0 Å². The molecule has 0 amide bonds. The number of halogens is 3. The Kier molecular flexibility index (Phi) is 3.44. The van der Waals surface area contributed by atoms with E-state index in [1.54, 1.807) is 6.92 Å². The molecule has 0 bridgehead atoms. The van der Waals surface area contributed by atoms with E-state index < -0.39 is 23.3 Å². The molecule has 0 aliphatic rings. The average Bonchev–Trinajstić information content (AvgIpc) is 2.14. The predicted octanol–water partition coefficient (Wildman–Crippen LogP) is 2.50. The lowest BCUT2D eigenvalue weighted by Crippen LogP contribution is -2.12. The van der Waals surface area contributed by atoms with Crippen molar-refractivity contribution in [1.29, 1.82) is 0 Å². The summed E-state index contributed by atoms with van der Waals surface area (Å²) in [5.74, 6) is -2.44. The smallest absolute Gasteiger partial charge is 0.147 e. The second kappa shape index (κ2) is 4.23. The average molecular weight is 266 g/mol. The molecule has 3 N–H and O–H groups in total. The third-order valence-corrected chi connectivity index (χ3v) is 2.78. The summed E-state index contributed by atoms with van der Waals surface area (Å²) in [7, 11) is 0. The van der Waals surface area contributed by atoms with Crippen LogP contribution in [0.15, 0.2) is 10.5 Å². The number of hydrogen-bond acceptors (Lipinski definition) is 2. The fourth-order valence-electron chi connectivity index (χ4n) is 1.17. The van der Waals surface area contributed by atoms with Crippen LogP contribution in [0, 0.1) is 11.6 Å². The van der Waals surface area contributed by atoms with Crippen LogP contribution < -0.4 is 5.73 Å². The minimum absolute atomic E-state index is 0.0998. The molecule has 2 nitrogen and oxygen atoms in total. The Morgan fingerprint density at radius 2 is 2.14 bits per heavy atom. The van der Waals surface area contributed by atoms with Crippen molar-refractivity contribution in [2.45, 2.75) is 12.8 Å². The van der Waals surface area contributed by atoms with Gasteiger partial charge in [-0.1, -0.05) is 6.92 Å². The maximum atomic E-state index is 13.5. The summed E-state index contributed by atoms with van der Waals surface area (Å²) in [6.45, 7) is 1.76. The number of benzene rings is 1. The molecule has 0 saturated heterocycles. The third kappa shape index (κ3) is 1.88. The Bertz CT molecular complexity index is 357. The summed E-state index contributed by atoms with van der Waals surface area (Å²) >= 11 is 2.83. The molecule has 0 heterocycles. The SMILES string of the molecule is CC(CN)c1c(F)cc(O)c(Br)c1F. The molecule has 0 saturated carbocycles. The van der Waals surface area contributed by atoms with Crippen molar-refractivity contribution in [2.24, 2.45) is 5.73 Å². The van der Waals surface area contributed by atoms with Crippen LogP contribution in [0.25, 0.3) is 0 Å². The van der Waals surface area contributed by atoms with Gasteiger partial charge in [-0.05, 0) is 28.4 Å². The first-order valence-corrected chi connectivity index (χ1v) is 4.84. The first-order valence-electron chi connectivity index (χ1n) is 4.05. The molecule has 0 radical (unpaired) electrons. The van der Waals surface area contributed by atoms with Gasteiger partial charge in [0.1, 0.15) is 17.4 Å². The Hall–Kier alpha value is -0.680. The number of phenolic OH excluding ortho intramolecular Hbond substituents is 1. The van der Waals surface area contributed by atoms with Crippen molar-refractivity contribution in [3.63, 3.8) is 0 Å². The minimum atomic E-state index is -0.791. The Balaban J connectivity index is 3.36. The largest absolute Gasteiger partial charge is 0.507 e. The van der Waals surface area contributed by atoms with Crippen molar-refractivity contribution in [1.82, 2.24) is 0 Å². The van der Waals surface area contributed by atoms with Crippen LogP contribution in [-0.2, 0) is 0 Å². The highest BCUT2D eigenvalue weighted by atomic mass is 79.9. The molecule has 1 aromatic carbocycles. The molecular formula is C9H10BrF2NO. The lowest BCUT2D eigenvalue weighted by Gasteiger charge is -2.13. The molecule has 1 unspecified atom stereocenters. The highest BCUT2D eigenvalue weighted by molar-refractivity contribution is 9.10. The molecule has 1 atom stereocenters. The van der Waals surface area contributed by atoms with E-state index in [0.29, 0.717) is 0 Å². The monoisotopic (exact) mass is 265 g/mol. The van der Waals surface area contributed by atoms with Crippen molar-refractivity contribution in [3.8, 4) is 5.75 Å². The highest BCUT2D eigenvalue weighted by Gasteiger charge is 2.20. The van der Waals surface area contributed by atoms with Crippen molar-refractivity contribution in [3.05, 3.63) is 27.7 Å². The van der Waals surface area contributed by atoms with Crippen molar-refractivity contribution >= 4 is 15.9 Å². The highest BCUT2D eigenvalue weighted by Crippen LogP contribution is 2.34. The topological polar surface area (TPSA) is 46.2 Å². The molecule has 0 aromatic heterocycles. The molecular weight excluding hydrogens is 256 g/mol. The Morgan fingerprint density at radius 1 is 1.57 bits per heavy atom. The van der Waals surface area contributed by atoms with Gasteiger partial charge in [-0.2, -0.15) is 0 Å². The van der Waals surface area contributed by atoms with E-state index in [2.05, 4.69) is 15.9 Å². The summed E-state index contributed by atoms with van der Waals surface area (Å²) < 4.78 is 26.6. The number of nitrogens with two attached hydrogens (primary N) is 1. The molecule has 14 heavy (non-hydrogen) atoms. The fourth-order valence-corrected chi connectivity index (χ4v) is 1.49. The molecule has 1 rings (SSSR count). The molecule has 5 heteroatoms. The van der Waals surface area contributed by atoms with Crippen LogP contribution >= 0.6 is 15.9 Å². The van der Waals surface area contributed by atoms with Gasteiger partial charge in [0.2, 0.25) is 0 Å². The van der Waals surface area contributed by atoms with E-state index in [-0.39, 0.29) is 16.6 Å². The van der Waals surface area contributed by atoms with Crippen molar-refractivity contribution in [2.75, 3.05) is 6.54 Å². The number of phenols is 1. The lowest BCUT2D eigenvalue weighted by molar-refractivity contribution is 0.448. The predicted molar refractivity (Wildman–Crippen MR) is 53.2 cm³/mol. The quantitative estimate of drug-likeness (QED) is 0.808. The van der Waals surface area contributed by atoms with Gasteiger partial charge in [0.05, 0.1) is 4.47 Å². The molecule has 0 fully saturated rings. The van der Waals surface area contributed by atoms with Gasteiger partial charge in [0, 0.05) is 11.6 Å². The first kappa shape index (κ1) is 11.4. The number of hydrogen-bond donors (Lipinski definition) is 2. The summed E-state index contributed by atoms with van der Waals surface area (Å²) in [4.78, 5) is 0. The fraction of sp³-hybridized carbons (Fsp3) is 0.333. The molecule has 0 spiro atoms. The Morgan fingerprint density at radius 3 is 2.64 bits per heavy atom. The molecule has 0 aliphatic heterocycles. The van der Waals surface area contributed by atoms with E-state index in [9.17, 15) is 8.78 Å². The maximum absolute atomic E-state index is 13.5. The van der Waals surface area contributed by atoms with Crippen LogP contribution in [0.5, 0.6) is 5.75 Å². The first-order chi connectivity index (χ1) is 6.49. The lowest BCUT2D eigenvalue weighted by atomic mass is 10.00. The second-order valence-corrected chi connectivity index (χ2v) is 3.85. The van der Waals surface area contributed by atoms with Gasteiger partial charge in [0.15, 0.2) is 0 Å². The van der Waals surface area contributed by atoms with E-state index in [4.69, 9.17) is 10.8 Å². The summed E-state index contributed by atoms with van der Waals surface area (Å²) in [6, 6.07) is 0.870. The standard InChI is InChI=1S/C9H10BrF2NO/c1-4(3-13)7-5(11)2-6(14)8(10)9(7)12/h2,4,14H,3,13H2,1H3. The van der Waals surface area contributed by atoms with E-state index in [0.717, 1.165) is 6.07 Å². The summed E-state index contributed by atoms with van der Waals surface area (Å²) in [5, 5.41) is 9.10. The van der Waals surface area contributed by atoms with Gasteiger partial charge in [0.25, 0.3) is 0 Å². The minimum Gasteiger partial charge on any atom is -0.507 e. The summed E-state index contributed by atoms with van der Waals surface area (Å²) in [5.41, 5.74) is 5.22. The van der Waals surface area contributed by atoms with Gasteiger partial charge in [-0.3, -0.25) is 0 Å². The van der Waals surface area contributed by atoms with Crippen LogP contribution in [0.1, 0.15) is 18.4 Å². The number of aromatic hydroxyl groups is 1. The van der Waals surface area contributed by atoms with Gasteiger partial charge in [-0.25, -0.2) is 8.78 Å². The second-order valence-electron chi connectivity index (χ2n) is 3.06. The maximum Gasteiger partial charge on any atom is 0.147 e. The third-order valence-electron chi connectivity index (χ3n) is 2.02. The zero-order valence-corrected chi connectivity index (χ0v) is 9.11. The zero-order chi connectivity index (χ0) is 10.9. The molecule has 78 valence electrons.